The second-order valence-corrected chi connectivity index (χ2v) is 7.70. The summed E-state index contributed by atoms with van der Waals surface area (Å²) in [5.41, 5.74) is 2.79. The highest BCUT2D eigenvalue weighted by atomic mass is 16.1. The molecule has 0 aliphatic carbocycles. The highest BCUT2D eigenvalue weighted by molar-refractivity contribution is 6.05. The number of likely N-dealkylation sites (tertiary alicyclic amines) is 1. The average Bonchev–Trinajstić information content (AvgIpc) is 2.68. The van der Waals surface area contributed by atoms with Crippen LogP contribution in [0.5, 0.6) is 0 Å². The lowest BCUT2D eigenvalue weighted by Gasteiger charge is -2.30. The standard InChI is InChI=1S/C24H26N2O/c1-18-5-4-14-26(16-18)17-19-8-10-21(11-9-19)24(27)25-23-13-12-20-6-2-3-7-22(20)15-23/h2-3,6-13,15,18H,4-5,14,16-17H2,1H3,(H,25,27). The Morgan fingerprint density at radius 3 is 2.59 bits per heavy atom. The summed E-state index contributed by atoms with van der Waals surface area (Å²) >= 11 is 0. The van der Waals surface area contributed by atoms with Crippen molar-refractivity contribution in [2.24, 2.45) is 5.92 Å². The lowest BCUT2D eigenvalue weighted by atomic mass is 9.99. The van der Waals surface area contributed by atoms with Gasteiger partial charge >= 0.3 is 0 Å². The van der Waals surface area contributed by atoms with Crippen LogP contribution in [0.1, 0.15) is 35.7 Å². The topological polar surface area (TPSA) is 32.3 Å². The molecule has 4 rings (SSSR count). The van der Waals surface area contributed by atoms with E-state index >= 15 is 0 Å². The molecule has 1 unspecified atom stereocenters. The second-order valence-electron chi connectivity index (χ2n) is 7.70. The molecule has 0 aromatic heterocycles. The van der Waals surface area contributed by atoms with Crippen molar-refractivity contribution in [1.82, 2.24) is 4.90 Å². The van der Waals surface area contributed by atoms with Gasteiger partial charge in [0.15, 0.2) is 0 Å². The van der Waals surface area contributed by atoms with E-state index in [0.717, 1.165) is 23.5 Å². The van der Waals surface area contributed by atoms with Crippen LogP contribution in [0, 0.1) is 5.92 Å². The van der Waals surface area contributed by atoms with Gasteiger partial charge in [-0.25, -0.2) is 0 Å². The highest BCUT2D eigenvalue weighted by Gasteiger charge is 2.16. The average molecular weight is 358 g/mol. The molecule has 138 valence electrons. The third kappa shape index (κ3) is 4.37. The predicted molar refractivity (Wildman–Crippen MR) is 112 cm³/mol. The molecule has 0 saturated carbocycles. The van der Waals surface area contributed by atoms with Gasteiger partial charge in [0.05, 0.1) is 0 Å². The van der Waals surface area contributed by atoms with Crippen LogP contribution in [0.25, 0.3) is 10.8 Å². The Morgan fingerprint density at radius 1 is 1.04 bits per heavy atom. The Balaban J connectivity index is 1.41. The van der Waals surface area contributed by atoms with Gasteiger partial charge in [0.2, 0.25) is 0 Å². The van der Waals surface area contributed by atoms with Gasteiger partial charge < -0.3 is 5.32 Å². The van der Waals surface area contributed by atoms with Crippen LogP contribution in [0.3, 0.4) is 0 Å². The van der Waals surface area contributed by atoms with Gasteiger partial charge in [-0.2, -0.15) is 0 Å². The molecule has 0 spiro atoms. The van der Waals surface area contributed by atoms with Gasteiger partial charge in [-0.05, 0) is 65.9 Å². The molecule has 0 bridgehead atoms. The molecule has 1 N–H and O–H groups in total. The molecule has 1 saturated heterocycles. The van der Waals surface area contributed by atoms with Crippen LogP contribution in [0.4, 0.5) is 5.69 Å². The minimum absolute atomic E-state index is 0.0663. The largest absolute Gasteiger partial charge is 0.322 e. The number of benzene rings is 3. The number of piperidine rings is 1. The molecule has 3 nitrogen and oxygen atoms in total. The van der Waals surface area contributed by atoms with E-state index < -0.39 is 0 Å². The second kappa shape index (κ2) is 7.93. The summed E-state index contributed by atoms with van der Waals surface area (Å²) in [5, 5.41) is 5.31. The zero-order chi connectivity index (χ0) is 18.6. The number of rotatable bonds is 4. The van der Waals surface area contributed by atoms with E-state index in [9.17, 15) is 4.79 Å². The fraction of sp³-hybridized carbons (Fsp3) is 0.292. The number of hydrogen-bond donors (Lipinski definition) is 1. The molecule has 1 heterocycles. The summed E-state index contributed by atoms with van der Waals surface area (Å²) in [7, 11) is 0. The van der Waals surface area contributed by atoms with Crippen molar-refractivity contribution < 1.29 is 4.79 Å². The fourth-order valence-corrected chi connectivity index (χ4v) is 3.92. The van der Waals surface area contributed by atoms with Gasteiger partial charge in [0.1, 0.15) is 0 Å². The molecule has 1 fully saturated rings. The van der Waals surface area contributed by atoms with Crippen molar-refractivity contribution in [3.05, 3.63) is 77.9 Å². The number of nitrogens with one attached hydrogen (secondary N) is 1. The van der Waals surface area contributed by atoms with Crippen LogP contribution in [-0.4, -0.2) is 23.9 Å². The maximum atomic E-state index is 12.6. The Bertz CT molecular complexity index is 933. The van der Waals surface area contributed by atoms with Crippen molar-refractivity contribution in [1.29, 1.82) is 0 Å². The highest BCUT2D eigenvalue weighted by Crippen LogP contribution is 2.20. The Hall–Kier alpha value is -2.65. The molecule has 1 aliphatic rings. The summed E-state index contributed by atoms with van der Waals surface area (Å²) < 4.78 is 0. The first-order valence-corrected chi connectivity index (χ1v) is 9.79. The third-order valence-corrected chi connectivity index (χ3v) is 5.37. The van der Waals surface area contributed by atoms with Crippen molar-refractivity contribution in [2.75, 3.05) is 18.4 Å². The number of carbonyl (C=O) groups is 1. The van der Waals surface area contributed by atoms with Crippen molar-refractivity contribution in [3.63, 3.8) is 0 Å². The Labute approximate surface area is 161 Å². The third-order valence-electron chi connectivity index (χ3n) is 5.37. The van der Waals surface area contributed by atoms with Crippen LogP contribution in [0.15, 0.2) is 66.7 Å². The first kappa shape index (κ1) is 17.7. The van der Waals surface area contributed by atoms with Gasteiger partial charge in [0.25, 0.3) is 5.91 Å². The number of hydrogen-bond acceptors (Lipinski definition) is 2. The van der Waals surface area contributed by atoms with E-state index in [1.807, 2.05) is 42.5 Å². The minimum Gasteiger partial charge on any atom is -0.322 e. The Kier molecular flexibility index (Phi) is 5.21. The molecule has 27 heavy (non-hydrogen) atoms. The van der Waals surface area contributed by atoms with Crippen molar-refractivity contribution >= 4 is 22.4 Å². The fourth-order valence-electron chi connectivity index (χ4n) is 3.92. The first-order valence-electron chi connectivity index (χ1n) is 9.79. The van der Waals surface area contributed by atoms with E-state index in [4.69, 9.17) is 0 Å². The van der Waals surface area contributed by atoms with Crippen LogP contribution < -0.4 is 5.32 Å². The van der Waals surface area contributed by atoms with Gasteiger partial charge in [-0.1, -0.05) is 49.4 Å². The molecular formula is C24H26N2O. The summed E-state index contributed by atoms with van der Waals surface area (Å²) in [4.78, 5) is 15.1. The van der Waals surface area contributed by atoms with Gasteiger partial charge in [-0.15, -0.1) is 0 Å². The first-order chi connectivity index (χ1) is 13.2. The number of nitrogens with zero attached hydrogens (tertiary/aromatic N) is 1. The normalized spacial score (nSPS) is 17.7. The molecule has 1 amide bonds. The molecule has 1 atom stereocenters. The molecule has 1 aliphatic heterocycles. The van der Waals surface area contributed by atoms with Crippen LogP contribution in [-0.2, 0) is 6.54 Å². The SMILES string of the molecule is CC1CCCN(Cc2ccc(C(=O)Nc3ccc4ccccc4c3)cc2)C1. The monoisotopic (exact) mass is 358 g/mol. The maximum Gasteiger partial charge on any atom is 0.255 e. The van der Waals surface area contributed by atoms with Gasteiger partial charge in [0, 0.05) is 24.3 Å². The van der Waals surface area contributed by atoms with E-state index in [1.165, 1.54) is 36.9 Å². The number of carbonyl (C=O) groups excluding carboxylic acids is 1. The van der Waals surface area contributed by atoms with E-state index in [2.05, 4.69) is 41.4 Å². The maximum absolute atomic E-state index is 12.6. The lowest BCUT2D eigenvalue weighted by molar-refractivity contribution is 0.102. The summed E-state index contributed by atoms with van der Waals surface area (Å²) in [6.07, 6.45) is 2.62. The zero-order valence-electron chi connectivity index (χ0n) is 15.8. The Morgan fingerprint density at radius 2 is 1.81 bits per heavy atom. The quantitative estimate of drug-likeness (QED) is 0.684. The van der Waals surface area contributed by atoms with E-state index in [-0.39, 0.29) is 5.91 Å². The van der Waals surface area contributed by atoms with E-state index in [1.54, 1.807) is 0 Å². The molecule has 3 aromatic carbocycles. The minimum atomic E-state index is -0.0663. The number of fused-ring (bicyclic) bond motifs is 1. The predicted octanol–water partition coefficient (Wildman–Crippen LogP) is 5.32. The summed E-state index contributed by atoms with van der Waals surface area (Å²) in [5.74, 6) is 0.717. The van der Waals surface area contributed by atoms with Crippen LogP contribution in [0.2, 0.25) is 0 Å². The number of anilines is 1. The zero-order valence-corrected chi connectivity index (χ0v) is 15.8. The molecule has 3 heteroatoms. The summed E-state index contributed by atoms with van der Waals surface area (Å²) in [6, 6.07) is 22.2. The smallest absolute Gasteiger partial charge is 0.255 e. The van der Waals surface area contributed by atoms with Crippen molar-refractivity contribution in [3.8, 4) is 0 Å². The summed E-state index contributed by atoms with van der Waals surface area (Å²) in [6.45, 7) is 5.64. The molecule has 0 radical (unpaired) electrons. The van der Waals surface area contributed by atoms with Gasteiger partial charge in [-0.3, -0.25) is 9.69 Å². The van der Waals surface area contributed by atoms with Crippen LogP contribution >= 0.6 is 0 Å². The molecular weight excluding hydrogens is 332 g/mol. The molecule has 3 aromatic rings. The van der Waals surface area contributed by atoms with Crippen molar-refractivity contribution in [2.45, 2.75) is 26.3 Å². The lowest BCUT2D eigenvalue weighted by Crippen LogP contribution is -2.33. The van der Waals surface area contributed by atoms with E-state index in [0.29, 0.717) is 5.56 Å². The number of amides is 1.